The molecule has 0 saturated carbocycles. The molecular formula is C16H13BrN4O4. The van der Waals surface area contributed by atoms with E-state index in [1.807, 2.05) is 6.07 Å². The van der Waals surface area contributed by atoms with Crippen molar-refractivity contribution in [1.82, 2.24) is 20.6 Å². The van der Waals surface area contributed by atoms with Gasteiger partial charge in [-0.2, -0.15) is 0 Å². The van der Waals surface area contributed by atoms with E-state index in [4.69, 9.17) is 9.15 Å². The van der Waals surface area contributed by atoms with Gasteiger partial charge in [-0.25, -0.2) is 14.8 Å². The Balaban J connectivity index is 1.54. The van der Waals surface area contributed by atoms with Crippen LogP contribution >= 0.6 is 15.9 Å². The number of furan rings is 1. The summed E-state index contributed by atoms with van der Waals surface area (Å²) in [5.41, 5.74) is 0.685. The number of amides is 3. The lowest BCUT2D eigenvalue weighted by Gasteiger charge is -2.08. The van der Waals surface area contributed by atoms with Crippen LogP contribution < -0.4 is 15.4 Å². The summed E-state index contributed by atoms with van der Waals surface area (Å²) in [6.45, 7) is -0.176. The van der Waals surface area contributed by atoms with Crippen LogP contribution in [0.4, 0.5) is 4.79 Å². The number of aromatic nitrogens is 2. The predicted octanol–water partition coefficient (Wildman–Crippen LogP) is 2.39. The van der Waals surface area contributed by atoms with Crippen molar-refractivity contribution >= 4 is 38.8 Å². The normalized spacial score (nSPS) is 10.4. The van der Waals surface area contributed by atoms with Crippen LogP contribution in [-0.2, 0) is 11.3 Å². The van der Waals surface area contributed by atoms with E-state index in [0.29, 0.717) is 16.7 Å². The molecule has 1 aromatic carbocycles. The first kappa shape index (κ1) is 16.9. The molecule has 0 bridgehead atoms. The summed E-state index contributed by atoms with van der Waals surface area (Å²) in [6.07, 6.45) is 2.85. The van der Waals surface area contributed by atoms with Crippen LogP contribution in [0.1, 0.15) is 5.76 Å². The maximum atomic E-state index is 11.8. The number of fused-ring (bicyclic) bond motifs is 1. The highest BCUT2D eigenvalue weighted by atomic mass is 79.9. The summed E-state index contributed by atoms with van der Waals surface area (Å²) in [6, 6.07) is 8.21. The zero-order valence-electron chi connectivity index (χ0n) is 12.9. The van der Waals surface area contributed by atoms with Crippen molar-refractivity contribution < 1.29 is 18.7 Å². The molecule has 0 aliphatic carbocycles. The molecular weight excluding hydrogens is 392 g/mol. The van der Waals surface area contributed by atoms with Crippen LogP contribution in [0.5, 0.6) is 5.88 Å². The van der Waals surface area contributed by atoms with E-state index in [-0.39, 0.29) is 19.0 Å². The Morgan fingerprint density at radius 2 is 2.12 bits per heavy atom. The minimum Gasteiger partial charge on any atom is -0.467 e. The van der Waals surface area contributed by atoms with Gasteiger partial charge in [-0.3, -0.25) is 10.1 Å². The fraction of sp³-hybridized carbons (Fsp3) is 0.125. The molecule has 8 nitrogen and oxygen atoms in total. The number of urea groups is 1. The number of hydrogen-bond acceptors (Lipinski definition) is 6. The lowest BCUT2D eigenvalue weighted by atomic mass is 10.2. The highest BCUT2D eigenvalue weighted by molar-refractivity contribution is 9.10. The number of benzene rings is 1. The van der Waals surface area contributed by atoms with E-state index >= 15 is 0 Å². The highest BCUT2D eigenvalue weighted by Crippen LogP contribution is 2.24. The van der Waals surface area contributed by atoms with Crippen molar-refractivity contribution in [3.8, 4) is 5.88 Å². The van der Waals surface area contributed by atoms with Crippen molar-refractivity contribution in [3.05, 3.63) is 53.2 Å². The van der Waals surface area contributed by atoms with Gasteiger partial charge in [0.25, 0.3) is 5.91 Å². The van der Waals surface area contributed by atoms with E-state index in [0.717, 1.165) is 4.47 Å². The van der Waals surface area contributed by atoms with Gasteiger partial charge in [-0.05, 0) is 30.3 Å². The minimum absolute atomic E-state index is 0.178. The van der Waals surface area contributed by atoms with Gasteiger partial charge in [0.1, 0.15) is 12.1 Å². The number of ether oxygens (including phenoxy) is 1. The lowest BCUT2D eigenvalue weighted by molar-refractivity contribution is -0.122. The maximum Gasteiger partial charge on any atom is 0.321 e. The highest BCUT2D eigenvalue weighted by Gasteiger charge is 2.11. The van der Waals surface area contributed by atoms with Crippen LogP contribution in [0, 0.1) is 0 Å². The molecule has 0 unspecified atom stereocenters. The molecule has 128 valence electrons. The standard InChI is InChI=1S/C16H13BrN4O4/c17-10-3-4-13-12(6-10)15(20-9-19-13)25-8-14(22)21-16(23)18-7-11-2-1-5-24-11/h1-6,9H,7-8H2,(H2,18,21,22,23). The monoisotopic (exact) mass is 404 g/mol. The second-order valence-corrected chi connectivity index (χ2v) is 5.85. The van der Waals surface area contributed by atoms with Crippen molar-refractivity contribution in [1.29, 1.82) is 0 Å². The van der Waals surface area contributed by atoms with E-state index in [2.05, 4.69) is 36.5 Å². The summed E-state index contributed by atoms with van der Waals surface area (Å²) in [5.74, 6) is 0.244. The summed E-state index contributed by atoms with van der Waals surface area (Å²) < 4.78 is 11.3. The zero-order chi connectivity index (χ0) is 17.6. The van der Waals surface area contributed by atoms with Crippen LogP contribution in [0.3, 0.4) is 0 Å². The van der Waals surface area contributed by atoms with Gasteiger partial charge in [0.2, 0.25) is 5.88 Å². The van der Waals surface area contributed by atoms with Gasteiger partial charge in [0.05, 0.1) is 23.7 Å². The summed E-state index contributed by atoms with van der Waals surface area (Å²) in [7, 11) is 0. The average Bonchev–Trinajstić information content (AvgIpc) is 3.11. The number of carbonyl (C=O) groups excluding carboxylic acids is 2. The Labute approximate surface area is 150 Å². The number of imide groups is 1. The Hall–Kier alpha value is -2.94. The van der Waals surface area contributed by atoms with Gasteiger partial charge in [0, 0.05) is 4.47 Å². The van der Waals surface area contributed by atoms with E-state index in [1.165, 1.54) is 12.6 Å². The van der Waals surface area contributed by atoms with E-state index in [1.54, 1.807) is 24.3 Å². The fourth-order valence-electron chi connectivity index (χ4n) is 2.04. The largest absolute Gasteiger partial charge is 0.467 e. The molecule has 9 heteroatoms. The molecule has 0 aliphatic rings. The number of nitrogens with one attached hydrogen (secondary N) is 2. The first-order valence-corrected chi connectivity index (χ1v) is 8.04. The fourth-order valence-corrected chi connectivity index (χ4v) is 2.40. The Kier molecular flexibility index (Phi) is 5.24. The van der Waals surface area contributed by atoms with Crippen LogP contribution in [0.25, 0.3) is 10.9 Å². The van der Waals surface area contributed by atoms with Gasteiger partial charge in [0.15, 0.2) is 6.61 Å². The molecule has 0 atom stereocenters. The molecule has 2 aromatic heterocycles. The second kappa shape index (κ2) is 7.75. The molecule has 0 aliphatic heterocycles. The summed E-state index contributed by atoms with van der Waals surface area (Å²) >= 11 is 3.36. The van der Waals surface area contributed by atoms with Gasteiger partial charge in [-0.1, -0.05) is 15.9 Å². The predicted molar refractivity (Wildman–Crippen MR) is 91.8 cm³/mol. The zero-order valence-corrected chi connectivity index (χ0v) is 14.4. The molecule has 2 N–H and O–H groups in total. The van der Waals surface area contributed by atoms with Crippen molar-refractivity contribution in [2.75, 3.05) is 6.61 Å². The molecule has 0 fully saturated rings. The smallest absolute Gasteiger partial charge is 0.321 e. The van der Waals surface area contributed by atoms with Crippen molar-refractivity contribution in [2.24, 2.45) is 0 Å². The van der Waals surface area contributed by atoms with Crippen LogP contribution in [-0.4, -0.2) is 28.5 Å². The molecule has 3 aromatic rings. The van der Waals surface area contributed by atoms with Gasteiger partial charge in [-0.15, -0.1) is 0 Å². The first-order valence-electron chi connectivity index (χ1n) is 7.25. The number of hydrogen-bond donors (Lipinski definition) is 2. The number of nitrogens with zero attached hydrogens (tertiary/aromatic N) is 2. The molecule has 0 saturated heterocycles. The summed E-state index contributed by atoms with van der Waals surface area (Å²) in [5, 5.41) is 5.32. The quantitative estimate of drug-likeness (QED) is 0.675. The molecule has 25 heavy (non-hydrogen) atoms. The molecule has 3 rings (SSSR count). The Morgan fingerprint density at radius 3 is 2.92 bits per heavy atom. The molecule has 2 heterocycles. The van der Waals surface area contributed by atoms with Crippen molar-refractivity contribution in [3.63, 3.8) is 0 Å². The third kappa shape index (κ3) is 4.54. The molecule has 0 radical (unpaired) electrons. The van der Waals surface area contributed by atoms with Crippen LogP contribution in [0.2, 0.25) is 0 Å². The lowest BCUT2D eigenvalue weighted by Crippen LogP contribution is -2.41. The van der Waals surface area contributed by atoms with Crippen molar-refractivity contribution in [2.45, 2.75) is 6.54 Å². The SMILES string of the molecule is O=C(COc1ncnc2ccc(Br)cc12)NC(=O)NCc1ccco1. The van der Waals surface area contributed by atoms with Gasteiger partial charge >= 0.3 is 6.03 Å². The number of halogens is 1. The third-order valence-corrected chi connectivity index (χ3v) is 3.65. The first-order chi connectivity index (χ1) is 12.1. The Bertz CT molecular complexity index is 898. The second-order valence-electron chi connectivity index (χ2n) is 4.94. The van der Waals surface area contributed by atoms with E-state index in [9.17, 15) is 9.59 Å². The van der Waals surface area contributed by atoms with Crippen LogP contribution in [0.15, 0.2) is 51.8 Å². The molecule has 3 amide bonds. The topological polar surface area (TPSA) is 106 Å². The third-order valence-electron chi connectivity index (χ3n) is 3.16. The van der Waals surface area contributed by atoms with Gasteiger partial charge < -0.3 is 14.5 Å². The average molecular weight is 405 g/mol. The maximum absolute atomic E-state index is 11.8. The number of rotatable bonds is 5. The number of carbonyl (C=O) groups is 2. The Morgan fingerprint density at radius 1 is 1.24 bits per heavy atom. The molecule has 0 spiro atoms. The van der Waals surface area contributed by atoms with E-state index < -0.39 is 11.9 Å². The minimum atomic E-state index is -0.639. The summed E-state index contributed by atoms with van der Waals surface area (Å²) in [4.78, 5) is 31.6.